The van der Waals surface area contributed by atoms with Crippen molar-refractivity contribution in [2.45, 2.75) is 24.8 Å². The maximum atomic E-state index is 5.60. The van der Waals surface area contributed by atoms with Crippen LogP contribution in [-0.4, -0.2) is 51.5 Å². The van der Waals surface area contributed by atoms with Crippen molar-refractivity contribution in [3.8, 4) is 17.5 Å². The normalized spacial score (nSPS) is 11.5. The van der Waals surface area contributed by atoms with E-state index in [1.54, 1.807) is 12.3 Å². The van der Waals surface area contributed by atoms with Crippen LogP contribution in [0.4, 0.5) is 5.82 Å². The van der Waals surface area contributed by atoms with Gasteiger partial charge in [-0.3, -0.25) is 4.99 Å². The second kappa shape index (κ2) is 9.69. The summed E-state index contributed by atoms with van der Waals surface area (Å²) >= 11 is 1.36. The molecular formula is C16H20N8O3S. The monoisotopic (exact) mass is 404 g/mol. The molecule has 11 nitrogen and oxygen atoms in total. The molecule has 0 saturated heterocycles. The van der Waals surface area contributed by atoms with E-state index in [0.29, 0.717) is 40.9 Å². The van der Waals surface area contributed by atoms with Crippen molar-refractivity contribution >= 4 is 23.5 Å². The third kappa shape index (κ3) is 4.97. The van der Waals surface area contributed by atoms with Crippen molar-refractivity contribution in [1.29, 1.82) is 0 Å². The highest BCUT2D eigenvalue weighted by molar-refractivity contribution is 7.98. The van der Waals surface area contributed by atoms with Gasteiger partial charge in [0.25, 0.3) is 17.0 Å². The largest absolute Gasteiger partial charge is 0.479 e. The van der Waals surface area contributed by atoms with Gasteiger partial charge in [-0.15, -0.1) is 10.2 Å². The summed E-state index contributed by atoms with van der Waals surface area (Å²) in [4.78, 5) is 12.8. The zero-order chi connectivity index (χ0) is 19.8. The number of anilines is 1. The van der Waals surface area contributed by atoms with Crippen molar-refractivity contribution < 1.29 is 13.7 Å². The third-order valence-corrected chi connectivity index (χ3v) is 4.22. The minimum absolute atomic E-state index is 0.227. The van der Waals surface area contributed by atoms with E-state index in [2.05, 4.69) is 40.9 Å². The Balaban J connectivity index is 1.67. The molecule has 28 heavy (non-hydrogen) atoms. The lowest BCUT2D eigenvalue weighted by Crippen LogP contribution is -2.31. The lowest BCUT2D eigenvalue weighted by Gasteiger charge is -2.12. The van der Waals surface area contributed by atoms with E-state index in [1.807, 2.05) is 13.8 Å². The molecule has 2 N–H and O–H groups in total. The minimum atomic E-state index is 0.227. The van der Waals surface area contributed by atoms with Crippen molar-refractivity contribution in [3.63, 3.8) is 0 Å². The van der Waals surface area contributed by atoms with Gasteiger partial charge in [0.2, 0.25) is 5.76 Å². The first-order valence-electron chi connectivity index (χ1n) is 8.55. The Kier molecular flexibility index (Phi) is 6.78. The molecule has 0 fully saturated rings. The molecule has 3 heterocycles. The van der Waals surface area contributed by atoms with Gasteiger partial charge in [-0.25, -0.2) is 9.97 Å². The highest BCUT2D eigenvalue weighted by atomic mass is 32.2. The molecule has 0 aromatic carbocycles. The van der Waals surface area contributed by atoms with Crippen LogP contribution in [0.1, 0.15) is 19.4 Å². The lowest BCUT2D eigenvalue weighted by atomic mass is 10.3. The van der Waals surface area contributed by atoms with Crippen molar-refractivity contribution in [2.75, 3.05) is 25.5 Å². The number of aromatic nitrogens is 5. The topological polar surface area (TPSA) is 136 Å². The van der Waals surface area contributed by atoms with Crippen LogP contribution in [0.15, 0.2) is 37.7 Å². The molecule has 0 unspecified atom stereocenters. The molecule has 12 heteroatoms. The maximum Gasteiger partial charge on any atom is 0.287 e. The Labute approximate surface area is 165 Å². The highest BCUT2D eigenvalue weighted by Crippen LogP contribution is 2.28. The summed E-state index contributed by atoms with van der Waals surface area (Å²) in [6.45, 7) is 5.37. The molecule has 3 aromatic rings. The van der Waals surface area contributed by atoms with Crippen LogP contribution in [0.5, 0.6) is 5.88 Å². The molecule has 148 valence electrons. The number of methoxy groups -OCH3 is 1. The number of nitrogens with one attached hydrogen (secondary N) is 2. The number of rotatable bonds is 8. The average molecular weight is 404 g/mol. The SMILES string of the molecule is CCN=C(NCC)Nc1ncncc1CSc1nnc(-c2cc(OC)no2)o1. The highest BCUT2D eigenvalue weighted by Gasteiger charge is 2.16. The van der Waals surface area contributed by atoms with E-state index >= 15 is 0 Å². The quantitative estimate of drug-likeness (QED) is 0.325. The molecule has 0 amide bonds. The van der Waals surface area contributed by atoms with Crippen LogP contribution in [0.25, 0.3) is 11.7 Å². The molecule has 0 aliphatic rings. The van der Waals surface area contributed by atoms with Gasteiger partial charge in [-0.05, 0) is 19.0 Å². The Hall–Kier alpha value is -3.15. The fourth-order valence-electron chi connectivity index (χ4n) is 2.12. The second-order valence-electron chi connectivity index (χ2n) is 5.27. The predicted molar refractivity (Wildman–Crippen MR) is 103 cm³/mol. The van der Waals surface area contributed by atoms with Gasteiger partial charge in [0.1, 0.15) is 12.1 Å². The first-order valence-corrected chi connectivity index (χ1v) is 9.53. The number of guanidine groups is 1. The van der Waals surface area contributed by atoms with E-state index in [4.69, 9.17) is 13.7 Å². The van der Waals surface area contributed by atoms with E-state index < -0.39 is 0 Å². The van der Waals surface area contributed by atoms with E-state index in [0.717, 1.165) is 12.1 Å². The predicted octanol–water partition coefficient (Wildman–Crippen LogP) is 2.21. The maximum absolute atomic E-state index is 5.60. The van der Waals surface area contributed by atoms with Gasteiger partial charge in [0, 0.05) is 30.6 Å². The Morgan fingerprint density at radius 3 is 2.96 bits per heavy atom. The summed E-state index contributed by atoms with van der Waals surface area (Å²) in [6, 6.07) is 1.57. The number of ether oxygens (including phenoxy) is 1. The summed E-state index contributed by atoms with van der Waals surface area (Å²) in [7, 11) is 1.50. The standard InChI is InChI=1S/C16H20N8O3S/c1-4-18-15(19-5-2)21-13-10(7-17-9-20-13)8-28-16-23-22-14(26-16)11-6-12(25-3)24-27-11/h6-7,9H,4-5,8H2,1-3H3,(H2,17,18,19,20,21). The smallest absolute Gasteiger partial charge is 0.287 e. The van der Waals surface area contributed by atoms with Gasteiger partial charge >= 0.3 is 0 Å². The summed E-state index contributed by atoms with van der Waals surface area (Å²) in [5.74, 6) is 2.75. The van der Waals surface area contributed by atoms with Crippen LogP contribution < -0.4 is 15.4 Å². The first-order chi connectivity index (χ1) is 13.7. The molecule has 3 rings (SSSR count). The van der Waals surface area contributed by atoms with Gasteiger partial charge in [-0.1, -0.05) is 11.8 Å². The van der Waals surface area contributed by atoms with E-state index in [9.17, 15) is 0 Å². The molecule has 0 radical (unpaired) electrons. The Bertz CT molecular complexity index is 926. The van der Waals surface area contributed by atoms with Crippen LogP contribution in [0.3, 0.4) is 0 Å². The van der Waals surface area contributed by atoms with Gasteiger partial charge in [-0.2, -0.15) is 0 Å². The summed E-state index contributed by atoms with van der Waals surface area (Å²) < 4.78 is 15.7. The molecule has 3 aromatic heterocycles. The number of hydrogen-bond acceptors (Lipinski definition) is 10. The number of hydrogen-bond donors (Lipinski definition) is 2. The first kappa shape index (κ1) is 19.6. The van der Waals surface area contributed by atoms with Crippen LogP contribution in [0.2, 0.25) is 0 Å². The van der Waals surface area contributed by atoms with E-state index in [1.165, 1.54) is 25.2 Å². The van der Waals surface area contributed by atoms with Gasteiger partial charge in [0.05, 0.1) is 13.2 Å². The summed E-state index contributed by atoms with van der Waals surface area (Å²) in [5, 5.41) is 18.4. The summed E-state index contributed by atoms with van der Waals surface area (Å²) in [6.07, 6.45) is 3.21. The van der Waals surface area contributed by atoms with Crippen LogP contribution in [-0.2, 0) is 5.75 Å². The van der Waals surface area contributed by atoms with E-state index in [-0.39, 0.29) is 5.89 Å². The molecule has 0 spiro atoms. The van der Waals surface area contributed by atoms with Gasteiger partial charge in [0.15, 0.2) is 5.96 Å². The van der Waals surface area contributed by atoms with Crippen LogP contribution in [0, 0.1) is 0 Å². The molecule has 0 aliphatic heterocycles. The molecule has 0 aliphatic carbocycles. The van der Waals surface area contributed by atoms with Crippen LogP contribution >= 0.6 is 11.8 Å². The molecule has 0 atom stereocenters. The van der Waals surface area contributed by atoms with Crippen molar-refractivity contribution in [3.05, 3.63) is 24.2 Å². The fraction of sp³-hybridized carbons (Fsp3) is 0.375. The second-order valence-corrected chi connectivity index (χ2v) is 6.20. The van der Waals surface area contributed by atoms with Crippen molar-refractivity contribution in [2.24, 2.45) is 4.99 Å². The molecular weight excluding hydrogens is 384 g/mol. The number of nitrogens with zero attached hydrogens (tertiary/aromatic N) is 6. The third-order valence-electron chi connectivity index (χ3n) is 3.35. The van der Waals surface area contributed by atoms with Crippen molar-refractivity contribution in [1.82, 2.24) is 30.6 Å². The molecule has 0 bridgehead atoms. The zero-order valence-electron chi connectivity index (χ0n) is 15.7. The lowest BCUT2D eigenvalue weighted by molar-refractivity contribution is 0.338. The molecule has 0 saturated carbocycles. The number of thioether (sulfide) groups is 1. The average Bonchev–Trinajstić information content (AvgIpc) is 3.37. The zero-order valence-corrected chi connectivity index (χ0v) is 16.5. The minimum Gasteiger partial charge on any atom is -0.479 e. The fourth-order valence-corrected chi connectivity index (χ4v) is 2.84. The van der Waals surface area contributed by atoms with Gasteiger partial charge < -0.3 is 24.3 Å². The Morgan fingerprint density at radius 1 is 1.32 bits per heavy atom. The Morgan fingerprint density at radius 2 is 2.21 bits per heavy atom. The summed E-state index contributed by atoms with van der Waals surface area (Å²) in [5.41, 5.74) is 0.871. The number of aliphatic imine (C=N–C) groups is 1.